The van der Waals surface area contributed by atoms with Crippen molar-refractivity contribution in [2.45, 2.75) is 16.9 Å². The molecular weight excluding hydrogens is 263 g/mol. The van der Waals surface area contributed by atoms with Gasteiger partial charge in [-0.3, -0.25) is 0 Å². The van der Waals surface area contributed by atoms with Crippen molar-refractivity contribution in [3.8, 4) is 0 Å². The fourth-order valence-corrected chi connectivity index (χ4v) is 1.98. The van der Waals surface area contributed by atoms with Crippen LogP contribution in [0.2, 0.25) is 0 Å². The van der Waals surface area contributed by atoms with E-state index in [9.17, 15) is 13.2 Å². The number of anilines is 1. The minimum Gasteiger partial charge on any atom is -0.378 e. The number of aromatic amines is 1. The number of hydrogen-bond acceptors (Lipinski definition) is 3. The van der Waals surface area contributed by atoms with E-state index in [0.717, 1.165) is 5.82 Å². The predicted octanol–water partition coefficient (Wildman–Crippen LogP) is 3.63. The van der Waals surface area contributed by atoms with E-state index in [1.807, 2.05) is 0 Å². The number of imidazole rings is 1. The molecule has 0 saturated heterocycles. The van der Waals surface area contributed by atoms with Crippen LogP contribution in [-0.2, 0) is 6.54 Å². The fraction of sp³-hybridized carbons (Fsp3) is 0.182. The van der Waals surface area contributed by atoms with Crippen LogP contribution in [0.25, 0.3) is 0 Å². The van der Waals surface area contributed by atoms with Gasteiger partial charge in [0, 0.05) is 23.0 Å². The Balaban J connectivity index is 1.99. The number of rotatable bonds is 4. The van der Waals surface area contributed by atoms with Crippen LogP contribution in [0.4, 0.5) is 18.9 Å². The Labute approximate surface area is 106 Å². The van der Waals surface area contributed by atoms with E-state index < -0.39 is 5.51 Å². The van der Waals surface area contributed by atoms with Crippen molar-refractivity contribution in [3.05, 3.63) is 42.5 Å². The highest BCUT2D eigenvalue weighted by molar-refractivity contribution is 8.00. The number of thioether (sulfide) groups is 1. The van der Waals surface area contributed by atoms with Crippen molar-refractivity contribution in [2.24, 2.45) is 0 Å². The summed E-state index contributed by atoms with van der Waals surface area (Å²) in [5.41, 5.74) is -3.64. The molecule has 0 saturated carbocycles. The lowest BCUT2D eigenvalue weighted by Gasteiger charge is -2.08. The third-order valence-corrected chi connectivity index (χ3v) is 2.80. The van der Waals surface area contributed by atoms with Crippen molar-refractivity contribution in [2.75, 3.05) is 5.32 Å². The van der Waals surface area contributed by atoms with Gasteiger partial charge in [-0.1, -0.05) is 6.07 Å². The van der Waals surface area contributed by atoms with E-state index in [2.05, 4.69) is 15.3 Å². The molecule has 3 nitrogen and oxygen atoms in total. The van der Waals surface area contributed by atoms with E-state index in [-0.39, 0.29) is 16.7 Å². The van der Waals surface area contributed by atoms with Crippen molar-refractivity contribution >= 4 is 17.4 Å². The summed E-state index contributed by atoms with van der Waals surface area (Å²) in [7, 11) is 0. The molecule has 0 radical (unpaired) electrons. The molecule has 0 fully saturated rings. The summed E-state index contributed by atoms with van der Waals surface area (Å²) >= 11 is -0.125. The fourth-order valence-electron chi connectivity index (χ4n) is 1.38. The van der Waals surface area contributed by atoms with Crippen molar-refractivity contribution in [1.29, 1.82) is 0 Å². The van der Waals surface area contributed by atoms with Gasteiger partial charge in [0.2, 0.25) is 0 Å². The van der Waals surface area contributed by atoms with Crippen LogP contribution in [0, 0.1) is 0 Å². The minimum absolute atomic E-state index is 0.125. The standard InChI is InChI=1S/C11H10F3N3S/c12-11(13,14)18-9-3-1-2-8(6-9)17-7-10-15-4-5-16-10/h1-6,17H,7H2,(H,15,16). The molecule has 0 aliphatic carbocycles. The molecule has 18 heavy (non-hydrogen) atoms. The number of halogens is 3. The van der Waals surface area contributed by atoms with Gasteiger partial charge in [0.1, 0.15) is 5.82 Å². The second-order valence-corrected chi connectivity index (χ2v) is 4.60. The van der Waals surface area contributed by atoms with Crippen LogP contribution < -0.4 is 5.32 Å². The molecule has 0 unspecified atom stereocenters. The molecule has 1 aromatic carbocycles. The largest absolute Gasteiger partial charge is 0.446 e. The normalized spacial score (nSPS) is 11.5. The summed E-state index contributed by atoms with van der Waals surface area (Å²) in [6.07, 6.45) is 3.31. The van der Waals surface area contributed by atoms with Crippen LogP contribution in [0.1, 0.15) is 5.82 Å². The topological polar surface area (TPSA) is 40.7 Å². The quantitative estimate of drug-likeness (QED) is 0.836. The summed E-state index contributed by atoms with van der Waals surface area (Å²) in [4.78, 5) is 7.07. The van der Waals surface area contributed by atoms with E-state index in [1.54, 1.807) is 24.5 Å². The Morgan fingerprint density at radius 2 is 2.17 bits per heavy atom. The maximum atomic E-state index is 12.2. The Morgan fingerprint density at radius 3 is 2.83 bits per heavy atom. The smallest absolute Gasteiger partial charge is 0.378 e. The molecule has 2 N–H and O–H groups in total. The van der Waals surface area contributed by atoms with Gasteiger partial charge >= 0.3 is 5.51 Å². The van der Waals surface area contributed by atoms with Crippen molar-refractivity contribution < 1.29 is 13.2 Å². The van der Waals surface area contributed by atoms with Crippen molar-refractivity contribution in [3.63, 3.8) is 0 Å². The first kappa shape index (κ1) is 12.8. The second kappa shape index (κ2) is 5.34. The monoisotopic (exact) mass is 273 g/mol. The molecule has 0 bridgehead atoms. The number of hydrogen-bond donors (Lipinski definition) is 2. The van der Waals surface area contributed by atoms with Gasteiger partial charge in [0.15, 0.2) is 0 Å². The molecule has 2 rings (SSSR count). The van der Waals surface area contributed by atoms with Crippen LogP contribution in [0.3, 0.4) is 0 Å². The summed E-state index contributed by atoms with van der Waals surface area (Å²) < 4.78 is 36.6. The lowest BCUT2D eigenvalue weighted by molar-refractivity contribution is -0.0328. The molecule has 0 atom stereocenters. The minimum atomic E-state index is -4.26. The molecular formula is C11H10F3N3S. The Bertz CT molecular complexity index is 496. The number of benzene rings is 1. The van der Waals surface area contributed by atoms with E-state index >= 15 is 0 Å². The maximum Gasteiger partial charge on any atom is 0.446 e. The van der Waals surface area contributed by atoms with Gasteiger partial charge in [-0.15, -0.1) is 0 Å². The zero-order valence-electron chi connectivity index (χ0n) is 9.16. The van der Waals surface area contributed by atoms with Crippen LogP contribution in [0.15, 0.2) is 41.6 Å². The predicted molar refractivity (Wildman–Crippen MR) is 64.3 cm³/mol. The highest BCUT2D eigenvalue weighted by Gasteiger charge is 2.29. The average molecular weight is 273 g/mol. The molecule has 0 aliphatic rings. The zero-order chi connectivity index (χ0) is 13.0. The lowest BCUT2D eigenvalue weighted by Crippen LogP contribution is -2.02. The molecule has 0 amide bonds. The van der Waals surface area contributed by atoms with E-state index in [0.29, 0.717) is 12.2 Å². The first-order chi connectivity index (χ1) is 8.53. The van der Waals surface area contributed by atoms with Crippen LogP contribution >= 0.6 is 11.8 Å². The number of aromatic nitrogens is 2. The molecule has 0 aliphatic heterocycles. The van der Waals surface area contributed by atoms with E-state index in [1.165, 1.54) is 12.1 Å². The lowest BCUT2D eigenvalue weighted by atomic mass is 10.3. The third-order valence-electron chi connectivity index (χ3n) is 2.08. The number of nitrogens with one attached hydrogen (secondary N) is 2. The highest BCUT2D eigenvalue weighted by atomic mass is 32.2. The Hall–Kier alpha value is -1.63. The van der Waals surface area contributed by atoms with Crippen molar-refractivity contribution in [1.82, 2.24) is 9.97 Å². The second-order valence-electron chi connectivity index (χ2n) is 3.47. The van der Waals surface area contributed by atoms with Crippen LogP contribution in [-0.4, -0.2) is 15.5 Å². The molecule has 96 valence electrons. The van der Waals surface area contributed by atoms with E-state index in [4.69, 9.17) is 0 Å². The molecule has 1 heterocycles. The molecule has 1 aromatic heterocycles. The third kappa shape index (κ3) is 3.99. The Kier molecular flexibility index (Phi) is 3.81. The first-order valence-electron chi connectivity index (χ1n) is 5.11. The molecule has 7 heteroatoms. The first-order valence-corrected chi connectivity index (χ1v) is 5.92. The summed E-state index contributed by atoms with van der Waals surface area (Å²) in [5.74, 6) is 0.726. The maximum absolute atomic E-state index is 12.2. The zero-order valence-corrected chi connectivity index (χ0v) is 9.98. The number of nitrogens with zero attached hydrogens (tertiary/aromatic N) is 1. The van der Waals surface area contributed by atoms with Gasteiger partial charge in [0.05, 0.1) is 6.54 Å². The summed E-state index contributed by atoms with van der Waals surface area (Å²) in [6, 6.07) is 6.18. The van der Waals surface area contributed by atoms with Crippen LogP contribution in [0.5, 0.6) is 0 Å². The molecule has 2 aromatic rings. The SMILES string of the molecule is FC(F)(F)Sc1cccc(NCc2ncc[nH]2)c1. The number of alkyl halides is 3. The Morgan fingerprint density at radius 1 is 1.33 bits per heavy atom. The van der Waals surface area contributed by atoms with Gasteiger partial charge in [0.25, 0.3) is 0 Å². The average Bonchev–Trinajstić information content (AvgIpc) is 2.77. The number of H-pyrrole nitrogens is 1. The van der Waals surface area contributed by atoms with Gasteiger partial charge in [-0.05, 0) is 30.0 Å². The molecule has 0 spiro atoms. The van der Waals surface area contributed by atoms with Gasteiger partial charge in [-0.25, -0.2) is 4.98 Å². The summed E-state index contributed by atoms with van der Waals surface area (Å²) in [6.45, 7) is 0.438. The highest BCUT2D eigenvalue weighted by Crippen LogP contribution is 2.37. The van der Waals surface area contributed by atoms with Gasteiger partial charge < -0.3 is 10.3 Å². The summed E-state index contributed by atoms with van der Waals surface area (Å²) in [5, 5.41) is 3.00. The van der Waals surface area contributed by atoms with Gasteiger partial charge in [-0.2, -0.15) is 13.2 Å².